The second-order valence-corrected chi connectivity index (χ2v) is 10.6. The fourth-order valence-corrected chi connectivity index (χ4v) is 6.73. The lowest BCUT2D eigenvalue weighted by Gasteiger charge is -2.55. The molecule has 4 rings (SSSR count). The van der Waals surface area contributed by atoms with E-state index in [2.05, 4.69) is 56.3 Å². The largest absolute Gasteiger partial charge is 0.321 e. The number of carbonyl (C=O) groups excluding carboxylic acids is 1. The molecule has 0 radical (unpaired) electrons. The highest BCUT2D eigenvalue weighted by Gasteiger charge is 2.64. The molecule has 0 aliphatic heterocycles. The van der Waals surface area contributed by atoms with Crippen LogP contribution in [0.1, 0.15) is 70.3 Å². The molecule has 4 N–H and O–H groups in total. The Labute approximate surface area is 170 Å². The van der Waals surface area contributed by atoms with Crippen LogP contribution in [-0.2, 0) is 10.3 Å². The number of rotatable bonds is 4. The molecule has 0 saturated heterocycles. The molecule has 0 unspecified atom stereocenters. The minimum atomic E-state index is -0.753. The lowest BCUT2D eigenvalue weighted by molar-refractivity contribution is -0.129. The minimum absolute atomic E-state index is 0.0174. The van der Waals surface area contributed by atoms with Gasteiger partial charge >= 0.3 is 0 Å². The Hall–Kier alpha value is -1.23. The minimum Gasteiger partial charge on any atom is -0.321 e. The first-order valence-corrected chi connectivity index (χ1v) is 11.0. The van der Waals surface area contributed by atoms with Gasteiger partial charge in [0.25, 0.3) is 0 Å². The quantitative estimate of drug-likeness (QED) is 0.833. The molecular weight excluding hydrogens is 346 g/mol. The van der Waals surface area contributed by atoms with Gasteiger partial charge in [-0.1, -0.05) is 43.7 Å². The normalized spacial score (nSPS) is 40.1. The van der Waals surface area contributed by atoms with Gasteiger partial charge in [0, 0.05) is 5.54 Å². The molecular formula is C24H37N3O. The first-order chi connectivity index (χ1) is 13.2. The lowest BCUT2D eigenvalue weighted by Crippen LogP contribution is -2.62. The summed E-state index contributed by atoms with van der Waals surface area (Å²) in [6.07, 6.45) is 9.23. The predicted octanol–water partition coefficient (Wildman–Crippen LogP) is 3.58. The van der Waals surface area contributed by atoms with E-state index in [4.69, 9.17) is 11.5 Å². The van der Waals surface area contributed by atoms with Crippen LogP contribution >= 0.6 is 0 Å². The van der Waals surface area contributed by atoms with Crippen molar-refractivity contribution >= 4 is 5.78 Å². The number of hydrogen-bond acceptors (Lipinski definition) is 4. The molecule has 4 nitrogen and oxygen atoms in total. The van der Waals surface area contributed by atoms with Crippen molar-refractivity contribution in [3.63, 3.8) is 0 Å². The van der Waals surface area contributed by atoms with Crippen molar-refractivity contribution in [2.45, 2.75) is 81.8 Å². The molecule has 3 saturated carbocycles. The zero-order valence-corrected chi connectivity index (χ0v) is 17.8. The first-order valence-electron chi connectivity index (χ1n) is 11.0. The van der Waals surface area contributed by atoms with Crippen molar-refractivity contribution in [3.8, 4) is 0 Å². The molecule has 2 atom stereocenters. The summed E-state index contributed by atoms with van der Waals surface area (Å²) in [6, 6.07) is 10.4. The Morgan fingerprint density at radius 1 is 1.04 bits per heavy atom. The first kappa shape index (κ1) is 20.1. The third-order valence-corrected chi connectivity index (χ3v) is 8.80. The van der Waals surface area contributed by atoms with Crippen molar-refractivity contribution < 1.29 is 4.79 Å². The van der Waals surface area contributed by atoms with E-state index in [0.29, 0.717) is 0 Å². The molecule has 3 fully saturated rings. The highest BCUT2D eigenvalue weighted by molar-refractivity contribution is 5.96. The molecule has 28 heavy (non-hydrogen) atoms. The molecule has 0 bridgehead atoms. The van der Waals surface area contributed by atoms with E-state index >= 15 is 0 Å². The zero-order chi connectivity index (χ0) is 20.2. The molecule has 0 aromatic heterocycles. The van der Waals surface area contributed by atoms with Crippen LogP contribution in [0.3, 0.4) is 0 Å². The Kier molecular flexibility index (Phi) is 4.76. The van der Waals surface area contributed by atoms with Crippen LogP contribution in [0.4, 0.5) is 0 Å². The summed E-state index contributed by atoms with van der Waals surface area (Å²) in [7, 11) is 4.36. The van der Waals surface area contributed by atoms with Crippen LogP contribution in [-0.4, -0.2) is 36.4 Å². The van der Waals surface area contributed by atoms with Crippen molar-refractivity contribution in [1.82, 2.24) is 4.90 Å². The number of nitrogens with zero attached hydrogens (tertiary/aromatic N) is 1. The van der Waals surface area contributed by atoms with Crippen LogP contribution < -0.4 is 11.5 Å². The number of ketones is 1. The Bertz CT molecular complexity index is 731. The number of carbonyl (C=O) groups is 1. The molecule has 3 aliphatic rings. The van der Waals surface area contributed by atoms with Crippen molar-refractivity contribution in [2.24, 2.45) is 22.3 Å². The summed E-state index contributed by atoms with van der Waals surface area (Å²) < 4.78 is 0. The Balaban J connectivity index is 1.65. The van der Waals surface area contributed by atoms with Crippen LogP contribution in [0, 0.1) is 10.8 Å². The van der Waals surface area contributed by atoms with Crippen LogP contribution in [0.5, 0.6) is 0 Å². The van der Waals surface area contributed by atoms with Crippen LogP contribution in [0.25, 0.3) is 0 Å². The summed E-state index contributed by atoms with van der Waals surface area (Å²) in [5.41, 5.74) is 14.1. The lowest BCUT2D eigenvalue weighted by atomic mass is 9.53. The smallest absolute Gasteiger partial charge is 0.169 e. The zero-order valence-electron chi connectivity index (χ0n) is 17.8. The van der Waals surface area contributed by atoms with Crippen molar-refractivity contribution in [1.29, 1.82) is 0 Å². The number of nitrogens with two attached hydrogens (primary N) is 2. The van der Waals surface area contributed by atoms with E-state index in [-0.39, 0.29) is 22.2 Å². The predicted molar refractivity (Wildman–Crippen MR) is 114 cm³/mol. The highest BCUT2D eigenvalue weighted by atomic mass is 16.1. The Morgan fingerprint density at radius 3 is 2.14 bits per heavy atom. The van der Waals surface area contributed by atoms with Gasteiger partial charge in [0.1, 0.15) is 0 Å². The topological polar surface area (TPSA) is 72.3 Å². The standard InChI is InChI=1S/C24H37N3O/c1-21(10-7-11-21)17-24(26)20(28)19(25)16-22(24)12-14-23(15-13-22,27(2)3)18-8-5-4-6-9-18/h4-6,8-9,19H,7,10-17,25-26H2,1-3H3/t19-,22?,23?,24-/m0/s1. The second-order valence-electron chi connectivity index (χ2n) is 10.6. The Morgan fingerprint density at radius 2 is 1.64 bits per heavy atom. The third-order valence-electron chi connectivity index (χ3n) is 8.80. The third kappa shape index (κ3) is 2.79. The van der Waals surface area contributed by atoms with E-state index in [1.54, 1.807) is 0 Å². The van der Waals surface area contributed by atoms with Crippen LogP contribution in [0.2, 0.25) is 0 Å². The van der Waals surface area contributed by atoms with Gasteiger partial charge in [-0.25, -0.2) is 0 Å². The molecule has 3 aliphatic carbocycles. The van der Waals surface area contributed by atoms with E-state index in [1.165, 1.54) is 24.8 Å². The van der Waals surface area contributed by atoms with Gasteiger partial charge in [0.15, 0.2) is 5.78 Å². The maximum atomic E-state index is 13.2. The van der Waals surface area contributed by atoms with E-state index in [9.17, 15) is 4.79 Å². The van der Waals surface area contributed by atoms with Crippen LogP contribution in [0.15, 0.2) is 30.3 Å². The van der Waals surface area contributed by atoms with Crippen molar-refractivity contribution in [2.75, 3.05) is 14.1 Å². The van der Waals surface area contributed by atoms with Gasteiger partial charge in [-0.15, -0.1) is 0 Å². The second kappa shape index (κ2) is 6.65. The number of hydrogen-bond donors (Lipinski definition) is 2. The summed E-state index contributed by atoms with van der Waals surface area (Å²) in [5.74, 6) is 0.123. The molecule has 1 aromatic carbocycles. The summed E-state index contributed by atoms with van der Waals surface area (Å²) in [5, 5.41) is 0. The van der Waals surface area contributed by atoms with E-state index in [0.717, 1.165) is 38.5 Å². The van der Waals surface area contributed by atoms with Gasteiger partial charge in [-0.3, -0.25) is 9.69 Å². The summed E-state index contributed by atoms with van der Waals surface area (Å²) in [6.45, 7) is 2.31. The fraction of sp³-hybridized carbons (Fsp3) is 0.708. The number of Topliss-reactive ketones (excluding diaryl/α,β-unsaturated/α-hetero) is 1. The average Bonchev–Trinajstić information content (AvgIpc) is 2.83. The summed E-state index contributed by atoms with van der Waals surface area (Å²) >= 11 is 0. The fourth-order valence-electron chi connectivity index (χ4n) is 6.73. The van der Waals surface area contributed by atoms with Gasteiger partial charge in [0.05, 0.1) is 11.6 Å². The van der Waals surface area contributed by atoms with E-state index < -0.39 is 11.6 Å². The SMILES string of the molecule is CN(C)C1(c2ccccc2)CCC2(CC1)C[C@H](N)C(=O)[C@@]2(N)CC1(C)CCC1. The van der Waals surface area contributed by atoms with Gasteiger partial charge in [0.2, 0.25) is 0 Å². The maximum Gasteiger partial charge on any atom is 0.169 e. The molecule has 0 amide bonds. The van der Waals surface area contributed by atoms with Crippen molar-refractivity contribution in [3.05, 3.63) is 35.9 Å². The molecule has 4 heteroatoms. The maximum absolute atomic E-state index is 13.2. The van der Waals surface area contributed by atoms with Gasteiger partial charge in [-0.2, -0.15) is 0 Å². The average molecular weight is 384 g/mol. The monoisotopic (exact) mass is 383 g/mol. The number of benzene rings is 1. The molecule has 1 spiro atoms. The van der Waals surface area contributed by atoms with E-state index in [1.807, 2.05) is 0 Å². The van der Waals surface area contributed by atoms with Gasteiger partial charge in [-0.05, 0) is 81.9 Å². The highest BCUT2D eigenvalue weighted by Crippen LogP contribution is 2.61. The van der Waals surface area contributed by atoms with Gasteiger partial charge < -0.3 is 11.5 Å². The molecule has 1 aromatic rings. The molecule has 154 valence electrons. The molecule has 0 heterocycles. The summed E-state index contributed by atoms with van der Waals surface area (Å²) in [4.78, 5) is 15.6.